The standard InChI is InChI=1S/C26H32ClN5O4/c1-17(2)36-22-9-8-21(14-18(22)3)29-24-30-32(16-26(10-11-26)23(34)28-12-13-33)25(35)31(24)15-19-4-6-20(27)7-5-19/h4-9,14,17,33H,10-13,15-16H2,1-3H3,(H,28,34)(H,29,30). The summed E-state index contributed by atoms with van der Waals surface area (Å²) >= 11 is 6.03. The summed E-state index contributed by atoms with van der Waals surface area (Å²) in [6, 6.07) is 12.9. The topological polar surface area (TPSA) is 114 Å². The van der Waals surface area contributed by atoms with Crippen LogP contribution in [0.1, 0.15) is 37.8 Å². The first kappa shape index (κ1) is 25.8. The monoisotopic (exact) mass is 513 g/mol. The smallest absolute Gasteiger partial charge is 0.345 e. The van der Waals surface area contributed by atoms with E-state index in [-0.39, 0.29) is 43.9 Å². The van der Waals surface area contributed by atoms with Crippen LogP contribution in [0.2, 0.25) is 5.02 Å². The first-order valence-corrected chi connectivity index (χ1v) is 12.4. The van der Waals surface area contributed by atoms with Gasteiger partial charge in [0.1, 0.15) is 5.75 Å². The number of nitrogens with one attached hydrogen (secondary N) is 2. The van der Waals surface area contributed by atoms with Crippen molar-refractivity contribution in [1.29, 1.82) is 0 Å². The number of carbonyl (C=O) groups excluding carboxylic acids is 1. The lowest BCUT2D eigenvalue weighted by molar-refractivity contribution is -0.127. The van der Waals surface area contributed by atoms with E-state index in [9.17, 15) is 9.59 Å². The Morgan fingerprint density at radius 2 is 1.97 bits per heavy atom. The van der Waals surface area contributed by atoms with Crippen LogP contribution < -0.4 is 21.4 Å². The highest BCUT2D eigenvalue weighted by molar-refractivity contribution is 6.30. The third-order valence-electron chi connectivity index (χ3n) is 6.16. The van der Waals surface area contributed by atoms with Gasteiger partial charge in [-0.15, -0.1) is 0 Å². The minimum atomic E-state index is -0.661. The molecule has 0 spiro atoms. The molecule has 0 saturated heterocycles. The first-order valence-electron chi connectivity index (χ1n) is 12.1. The van der Waals surface area contributed by atoms with Crippen LogP contribution in [0.15, 0.2) is 52.3 Å². The predicted molar refractivity (Wildman–Crippen MR) is 138 cm³/mol. The average molecular weight is 514 g/mol. The maximum absolute atomic E-state index is 13.5. The van der Waals surface area contributed by atoms with Crippen LogP contribution in [0.5, 0.6) is 5.75 Å². The zero-order valence-electron chi connectivity index (χ0n) is 20.8. The fourth-order valence-electron chi connectivity index (χ4n) is 4.05. The Labute approximate surface area is 214 Å². The number of aromatic nitrogens is 3. The van der Waals surface area contributed by atoms with Gasteiger partial charge in [0.15, 0.2) is 0 Å². The fourth-order valence-corrected chi connectivity index (χ4v) is 4.18. The predicted octanol–water partition coefficient (Wildman–Crippen LogP) is 2.90. The van der Waals surface area contributed by atoms with Crippen LogP contribution >= 0.6 is 11.6 Å². The van der Waals surface area contributed by atoms with Crippen LogP contribution in [0.4, 0.5) is 5.69 Å². The van der Waals surface area contributed by atoms with Crippen molar-refractivity contribution < 1.29 is 14.6 Å². The number of halogens is 1. The fraction of sp³-hybridized carbons (Fsp3) is 0.423. The quantitative estimate of drug-likeness (QED) is 0.387. The van der Waals surface area contributed by atoms with Crippen LogP contribution in [0, 0.1) is 12.3 Å². The van der Waals surface area contributed by atoms with Crippen molar-refractivity contribution in [1.82, 2.24) is 19.7 Å². The lowest BCUT2D eigenvalue weighted by Gasteiger charge is -2.14. The number of hydrogen-bond acceptors (Lipinski definition) is 5. The number of hydrogen-bond donors (Lipinski definition) is 3. The average Bonchev–Trinajstić information content (AvgIpc) is 3.57. The molecule has 2 aromatic carbocycles. The summed E-state index contributed by atoms with van der Waals surface area (Å²) in [6.45, 7) is 6.45. The summed E-state index contributed by atoms with van der Waals surface area (Å²) < 4.78 is 8.83. The van der Waals surface area contributed by atoms with Gasteiger partial charge in [-0.05, 0) is 75.1 Å². The van der Waals surface area contributed by atoms with Gasteiger partial charge in [0.25, 0.3) is 0 Å². The van der Waals surface area contributed by atoms with E-state index in [0.717, 1.165) is 16.9 Å². The van der Waals surface area contributed by atoms with Crippen molar-refractivity contribution in [2.75, 3.05) is 13.2 Å². The summed E-state index contributed by atoms with van der Waals surface area (Å²) in [4.78, 5) is 30.8. The number of aryl methyl sites for hydroxylation is 1. The van der Waals surface area contributed by atoms with Crippen LogP contribution in [-0.4, -0.2) is 44.6 Å². The van der Waals surface area contributed by atoms with Gasteiger partial charge in [-0.1, -0.05) is 23.7 Å². The largest absolute Gasteiger partial charge is 0.491 e. The molecule has 1 heterocycles. The van der Waals surface area contributed by atoms with E-state index in [1.165, 1.54) is 4.68 Å². The number of carbonyl (C=O) groups is 1. The van der Waals surface area contributed by atoms with Crippen LogP contribution in [0.3, 0.4) is 0 Å². The summed E-state index contributed by atoms with van der Waals surface area (Å²) in [5.41, 5.74) is 1.92. The van der Waals surface area contributed by atoms with E-state index in [4.69, 9.17) is 26.4 Å². The Kier molecular flexibility index (Phi) is 7.70. The van der Waals surface area contributed by atoms with Gasteiger partial charge >= 0.3 is 5.69 Å². The van der Waals surface area contributed by atoms with Gasteiger partial charge in [0.2, 0.25) is 11.5 Å². The van der Waals surface area contributed by atoms with Crippen LogP contribution in [0.25, 0.3) is 0 Å². The van der Waals surface area contributed by atoms with Gasteiger partial charge < -0.3 is 15.2 Å². The first-order chi connectivity index (χ1) is 17.2. The van der Waals surface area contributed by atoms with E-state index in [1.807, 2.05) is 51.1 Å². The number of nitrogens with zero attached hydrogens (tertiary/aromatic N) is 3. The van der Waals surface area contributed by atoms with E-state index in [2.05, 4.69) is 10.4 Å². The second-order valence-corrected chi connectivity index (χ2v) is 9.94. The molecule has 0 unspecified atom stereocenters. The van der Waals surface area contributed by atoms with E-state index in [0.29, 0.717) is 29.2 Å². The molecule has 0 bridgehead atoms. The molecule has 1 aromatic heterocycles. The number of aliphatic hydroxyl groups is 1. The SMILES string of the molecule is Cc1cc(/N=c2\[nH]n(CC3(C(=O)NCCO)CC3)c(=O)n2Cc2ccc(Cl)cc2)ccc1OC(C)C. The summed E-state index contributed by atoms with van der Waals surface area (Å²) in [7, 11) is 0. The van der Waals surface area contributed by atoms with Gasteiger partial charge in [0.05, 0.1) is 36.9 Å². The number of aromatic amines is 1. The van der Waals surface area contributed by atoms with Crippen LogP contribution in [-0.2, 0) is 17.9 Å². The van der Waals surface area contributed by atoms with Crippen molar-refractivity contribution in [3.05, 3.63) is 74.7 Å². The Morgan fingerprint density at radius 1 is 1.25 bits per heavy atom. The number of benzene rings is 2. The molecule has 1 fully saturated rings. The molecule has 36 heavy (non-hydrogen) atoms. The van der Waals surface area contributed by atoms with E-state index in [1.54, 1.807) is 16.7 Å². The molecule has 1 aliphatic carbocycles. The molecule has 1 amide bonds. The summed E-state index contributed by atoms with van der Waals surface area (Å²) in [5, 5.41) is 15.5. The molecule has 0 aliphatic heterocycles. The highest BCUT2D eigenvalue weighted by atomic mass is 35.5. The van der Waals surface area contributed by atoms with Crippen molar-refractivity contribution in [3.8, 4) is 5.75 Å². The van der Waals surface area contributed by atoms with Gasteiger partial charge in [-0.3, -0.25) is 14.5 Å². The number of aliphatic hydroxyl groups excluding tert-OH is 1. The third-order valence-corrected chi connectivity index (χ3v) is 6.41. The molecule has 0 atom stereocenters. The van der Waals surface area contributed by atoms with Gasteiger partial charge in [0, 0.05) is 11.6 Å². The number of ether oxygens (including phenoxy) is 1. The molecular weight excluding hydrogens is 482 g/mol. The summed E-state index contributed by atoms with van der Waals surface area (Å²) in [6.07, 6.45) is 1.41. The normalized spacial score (nSPS) is 14.8. The zero-order chi connectivity index (χ0) is 25.9. The van der Waals surface area contributed by atoms with Crippen molar-refractivity contribution in [2.24, 2.45) is 10.4 Å². The lowest BCUT2D eigenvalue weighted by atomic mass is 10.1. The minimum absolute atomic E-state index is 0.0581. The highest BCUT2D eigenvalue weighted by Gasteiger charge is 2.50. The molecule has 10 heteroatoms. The zero-order valence-corrected chi connectivity index (χ0v) is 21.5. The van der Waals surface area contributed by atoms with Crippen molar-refractivity contribution in [3.63, 3.8) is 0 Å². The second kappa shape index (κ2) is 10.8. The minimum Gasteiger partial charge on any atom is -0.491 e. The molecule has 3 aromatic rings. The number of amides is 1. The van der Waals surface area contributed by atoms with Gasteiger partial charge in [-0.25, -0.2) is 14.5 Å². The maximum Gasteiger partial charge on any atom is 0.345 e. The van der Waals surface area contributed by atoms with Gasteiger partial charge in [-0.2, -0.15) is 0 Å². The Balaban J connectivity index is 1.72. The number of rotatable bonds is 10. The molecule has 1 saturated carbocycles. The Morgan fingerprint density at radius 3 is 2.58 bits per heavy atom. The molecular formula is C26H32ClN5O4. The van der Waals surface area contributed by atoms with E-state index >= 15 is 0 Å². The molecule has 4 rings (SSSR count). The third kappa shape index (κ3) is 5.91. The second-order valence-electron chi connectivity index (χ2n) is 9.50. The lowest BCUT2D eigenvalue weighted by Crippen LogP contribution is -2.38. The maximum atomic E-state index is 13.5. The molecule has 9 nitrogen and oxygen atoms in total. The van der Waals surface area contributed by atoms with Crippen molar-refractivity contribution >= 4 is 23.2 Å². The molecule has 3 N–H and O–H groups in total. The number of H-pyrrole nitrogens is 1. The summed E-state index contributed by atoms with van der Waals surface area (Å²) in [5.74, 6) is 0.630. The molecule has 0 radical (unpaired) electrons. The van der Waals surface area contributed by atoms with Crippen molar-refractivity contribution in [2.45, 2.75) is 52.8 Å². The van der Waals surface area contributed by atoms with E-state index < -0.39 is 5.41 Å². The Bertz CT molecular complexity index is 1350. The molecule has 1 aliphatic rings. The highest BCUT2D eigenvalue weighted by Crippen LogP contribution is 2.47. The Hall–Kier alpha value is -3.30. The molecule has 192 valence electrons.